The predicted octanol–water partition coefficient (Wildman–Crippen LogP) is 3.28. The minimum absolute atomic E-state index is 0.0353. The summed E-state index contributed by atoms with van der Waals surface area (Å²) >= 11 is 0. The zero-order valence-electron chi connectivity index (χ0n) is 16.6. The van der Waals surface area contributed by atoms with Crippen molar-refractivity contribution in [1.82, 2.24) is 4.90 Å². The van der Waals surface area contributed by atoms with Gasteiger partial charge in [0, 0.05) is 26.2 Å². The lowest BCUT2D eigenvalue weighted by atomic mass is 9.94. The molecule has 1 aromatic carbocycles. The van der Waals surface area contributed by atoms with E-state index in [0.717, 1.165) is 50.1 Å². The highest BCUT2D eigenvalue weighted by atomic mass is 16.5. The van der Waals surface area contributed by atoms with E-state index in [1.54, 1.807) is 21.3 Å². The lowest BCUT2D eigenvalue weighted by molar-refractivity contribution is 0.142. The van der Waals surface area contributed by atoms with Crippen LogP contribution in [0.25, 0.3) is 0 Å². The molecule has 2 aliphatic rings. The van der Waals surface area contributed by atoms with Crippen LogP contribution in [0.2, 0.25) is 0 Å². The van der Waals surface area contributed by atoms with Crippen LogP contribution in [0.4, 0.5) is 0 Å². The lowest BCUT2D eigenvalue weighted by Crippen LogP contribution is -2.35. The number of likely N-dealkylation sites (tertiary alicyclic amines) is 1. The molecule has 1 atom stereocenters. The molecule has 0 bridgehead atoms. The summed E-state index contributed by atoms with van der Waals surface area (Å²) in [7, 11) is 4.96. The molecule has 0 radical (unpaired) electrons. The maximum absolute atomic E-state index is 9.39. The van der Waals surface area contributed by atoms with Crippen molar-refractivity contribution in [2.75, 3.05) is 41.0 Å². The van der Waals surface area contributed by atoms with Crippen molar-refractivity contribution in [2.24, 2.45) is 0 Å². The van der Waals surface area contributed by atoms with E-state index in [1.807, 2.05) is 18.2 Å². The standard InChI is InChI=1S/C11H16O3.C10H19NO/c1-12-7-6-9-4-5-10(13-2)11(8-9)14-3;12-10-6-7-11(8-10)9-4-2-1-3-5-9/h4-5,8H,6-7H2,1-3H3;9-10,12H,1-8H2. The smallest absolute Gasteiger partial charge is 0.160 e. The quantitative estimate of drug-likeness (QED) is 0.838. The van der Waals surface area contributed by atoms with Crippen molar-refractivity contribution in [2.45, 2.75) is 57.1 Å². The summed E-state index contributed by atoms with van der Waals surface area (Å²) < 4.78 is 15.3. The third kappa shape index (κ3) is 6.45. The highest BCUT2D eigenvalue weighted by molar-refractivity contribution is 5.42. The minimum atomic E-state index is -0.0353. The molecule has 0 aromatic heterocycles. The number of β-amino-alcohol motifs (C(OH)–C–C–N with tert-alkyl or cyclic N) is 1. The number of rotatable bonds is 6. The van der Waals surface area contributed by atoms with Gasteiger partial charge in [-0.3, -0.25) is 4.90 Å². The van der Waals surface area contributed by atoms with Crippen LogP contribution in [0, 0.1) is 0 Å². The summed E-state index contributed by atoms with van der Waals surface area (Å²) in [6.07, 6.45) is 8.81. The number of hydrogen-bond acceptors (Lipinski definition) is 5. The second-order valence-electron chi connectivity index (χ2n) is 7.16. The Balaban J connectivity index is 0.000000189. The van der Waals surface area contributed by atoms with Gasteiger partial charge in [0.15, 0.2) is 11.5 Å². The average Bonchev–Trinajstić information content (AvgIpc) is 3.13. The molecule has 1 heterocycles. The first kappa shape index (κ1) is 21.0. The molecule has 2 fully saturated rings. The molecular formula is C21H35NO4. The molecule has 0 amide bonds. The first-order chi connectivity index (χ1) is 12.7. The van der Waals surface area contributed by atoms with E-state index in [0.29, 0.717) is 0 Å². The predicted molar refractivity (Wildman–Crippen MR) is 104 cm³/mol. The van der Waals surface area contributed by atoms with Gasteiger partial charge in [-0.25, -0.2) is 0 Å². The number of benzene rings is 1. The third-order valence-corrected chi connectivity index (χ3v) is 5.33. The highest BCUT2D eigenvalue weighted by Gasteiger charge is 2.27. The maximum Gasteiger partial charge on any atom is 0.160 e. The topological polar surface area (TPSA) is 51.2 Å². The number of aliphatic hydroxyl groups excluding tert-OH is 1. The Morgan fingerprint density at radius 2 is 1.73 bits per heavy atom. The van der Waals surface area contributed by atoms with Crippen LogP contribution in [0.5, 0.6) is 11.5 Å². The van der Waals surface area contributed by atoms with Gasteiger partial charge in [0.1, 0.15) is 0 Å². The molecule has 1 N–H and O–H groups in total. The van der Waals surface area contributed by atoms with Gasteiger partial charge in [-0.1, -0.05) is 25.3 Å². The Kier molecular flexibility index (Phi) is 9.23. The summed E-state index contributed by atoms with van der Waals surface area (Å²) in [4.78, 5) is 2.49. The molecule has 1 saturated carbocycles. The van der Waals surface area contributed by atoms with E-state index in [9.17, 15) is 5.11 Å². The Morgan fingerprint density at radius 3 is 2.31 bits per heavy atom. The molecule has 3 rings (SSSR count). The molecular weight excluding hydrogens is 330 g/mol. The molecule has 1 aliphatic carbocycles. The molecule has 5 nitrogen and oxygen atoms in total. The van der Waals surface area contributed by atoms with Crippen LogP contribution in [-0.2, 0) is 11.2 Å². The zero-order valence-corrected chi connectivity index (χ0v) is 16.6. The summed E-state index contributed by atoms with van der Waals surface area (Å²) in [6.45, 7) is 2.78. The largest absolute Gasteiger partial charge is 0.493 e. The second-order valence-corrected chi connectivity index (χ2v) is 7.16. The monoisotopic (exact) mass is 365 g/mol. The number of aliphatic hydroxyl groups is 1. The van der Waals surface area contributed by atoms with Crippen LogP contribution < -0.4 is 9.47 Å². The van der Waals surface area contributed by atoms with Gasteiger partial charge < -0.3 is 19.3 Å². The van der Waals surface area contributed by atoms with Crippen LogP contribution in [-0.4, -0.2) is 63.2 Å². The summed E-state index contributed by atoms with van der Waals surface area (Å²) in [5, 5.41) is 9.39. The van der Waals surface area contributed by atoms with Gasteiger partial charge in [0.25, 0.3) is 0 Å². The van der Waals surface area contributed by atoms with Gasteiger partial charge >= 0.3 is 0 Å². The Labute approximate surface area is 158 Å². The highest BCUT2D eigenvalue weighted by Crippen LogP contribution is 2.27. The zero-order chi connectivity index (χ0) is 18.8. The Bertz CT molecular complexity index is 514. The van der Waals surface area contributed by atoms with E-state index in [2.05, 4.69) is 4.90 Å². The second kappa shape index (κ2) is 11.4. The van der Waals surface area contributed by atoms with Gasteiger partial charge in [-0.15, -0.1) is 0 Å². The number of hydrogen-bond donors (Lipinski definition) is 1. The molecule has 1 saturated heterocycles. The minimum Gasteiger partial charge on any atom is -0.493 e. The summed E-state index contributed by atoms with van der Waals surface area (Å²) in [6, 6.07) is 6.69. The van der Waals surface area contributed by atoms with Crippen molar-refractivity contribution in [3.05, 3.63) is 23.8 Å². The fourth-order valence-electron chi connectivity index (χ4n) is 3.80. The average molecular weight is 366 g/mol. The van der Waals surface area contributed by atoms with E-state index in [4.69, 9.17) is 14.2 Å². The molecule has 1 unspecified atom stereocenters. The van der Waals surface area contributed by atoms with Crippen LogP contribution in [0.3, 0.4) is 0 Å². The summed E-state index contributed by atoms with van der Waals surface area (Å²) in [5.74, 6) is 1.52. The first-order valence-electron chi connectivity index (χ1n) is 9.80. The van der Waals surface area contributed by atoms with E-state index >= 15 is 0 Å². The van der Waals surface area contributed by atoms with Crippen molar-refractivity contribution in [1.29, 1.82) is 0 Å². The van der Waals surface area contributed by atoms with Gasteiger partial charge in [0.2, 0.25) is 0 Å². The van der Waals surface area contributed by atoms with Gasteiger partial charge in [-0.05, 0) is 43.4 Å². The molecule has 0 spiro atoms. The Morgan fingerprint density at radius 1 is 1.00 bits per heavy atom. The Hall–Kier alpha value is -1.30. The van der Waals surface area contributed by atoms with Crippen LogP contribution in [0.15, 0.2) is 18.2 Å². The number of nitrogens with zero attached hydrogens (tertiary/aromatic N) is 1. The number of ether oxygens (including phenoxy) is 3. The van der Waals surface area contributed by atoms with E-state index in [1.165, 1.54) is 37.7 Å². The molecule has 26 heavy (non-hydrogen) atoms. The maximum atomic E-state index is 9.39. The molecule has 148 valence electrons. The van der Waals surface area contributed by atoms with Crippen molar-refractivity contribution < 1.29 is 19.3 Å². The van der Waals surface area contributed by atoms with Crippen LogP contribution >= 0.6 is 0 Å². The summed E-state index contributed by atoms with van der Waals surface area (Å²) in [5.41, 5.74) is 1.18. The van der Waals surface area contributed by atoms with Crippen molar-refractivity contribution in [3.63, 3.8) is 0 Å². The molecule has 1 aliphatic heterocycles. The van der Waals surface area contributed by atoms with Crippen LogP contribution in [0.1, 0.15) is 44.1 Å². The SMILES string of the molecule is COCCc1ccc(OC)c(OC)c1.OC1CCN(C2CCCCC2)C1. The van der Waals surface area contributed by atoms with Gasteiger partial charge in [-0.2, -0.15) is 0 Å². The fourth-order valence-corrected chi connectivity index (χ4v) is 3.80. The third-order valence-electron chi connectivity index (χ3n) is 5.33. The normalized spacial score (nSPS) is 21.2. The van der Waals surface area contributed by atoms with Gasteiger partial charge in [0.05, 0.1) is 26.9 Å². The molecule has 5 heteroatoms. The number of methoxy groups -OCH3 is 3. The lowest BCUT2D eigenvalue weighted by Gasteiger charge is -2.30. The molecule has 1 aromatic rings. The fraction of sp³-hybridized carbons (Fsp3) is 0.714. The first-order valence-corrected chi connectivity index (χ1v) is 9.80. The van der Waals surface area contributed by atoms with E-state index < -0.39 is 0 Å². The van der Waals surface area contributed by atoms with E-state index in [-0.39, 0.29) is 6.10 Å². The van der Waals surface area contributed by atoms with Crippen molar-refractivity contribution >= 4 is 0 Å². The van der Waals surface area contributed by atoms with Crippen molar-refractivity contribution in [3.8, 4) is 11.5 Å².